The van der Waals surface area contributed by atoms with E-state index in [-0.39, 0.29) is 11.8 Å². The molecule has 1 aliphatic heterocycles. The molecule has 1 saturated heterocycles. The van der Waals surface area contributed by atoms with Crippen molar-refractivity contribution in [3.63, 3.8) is 0 Å². The van der Waals surface area contributed by atoms with Gasteiger partial charge in [-0.3, -0.25) is 14.2 Å². The predicted molar refractivity (Wildman–Crippen MR) is 124 cm³/mol. The van der Waals surface area contributed by atoms with Crippen LogP contribution in [-0.2, 0) is 4.79 Å². The van der Waals surface area contributed by atoms with Crippen LogP contribution < -0.4 is 10.2 Å². The molecule has 0 aliphatic carbocycles. The van der Waals surface area contributed by atoms with E-state index in [0.29, 0.717) is 36.7 Å². The predicted octanol–water partition coefficient (Wildman–Crippen LogP) is 3.20. The molecule has 3 aromatic rings. The summed E-state index contributed by atoms with van der Waals surface area (Å²) in [6.45, 7) is 8.97. The van der Waals surface area contributed by atoms with Gasteiger partial charge in [0.2, 0.25) is 5.91 Å². The smallest absolute Gasteiger partial charge is 0.274 e. The zero-order valence-electron chi connectivity index (χ0n) is 18.7. The van der Waals surface area contributed by atoms with Crippen LogP contribution in [0.3, 0.4) is 0 Å². The summed E-state index contributed by atoms with van der Waals surface area (Å²) in [6.07, 6.45) is 5.29. The lowest BCUT2D eigenvalue weighted by molar-refractivity contribution is -0.115. The summed E-state index contributed by atoms with van der Waals surface area (Å²) < 4.78 is 1.71. The lowest BCUT2D eigenvalue weighted by Crippen LogP contribution is -2.49. The highest BCUT2D eigenvalue weighted by atomic mass is 16.2. The lowest BCUT2D eigenvalue weighted by Gasteiger charge is -2.36. The number of hydrogen-bond donors (Lipinski definition) is 1. The van der Waals surface area contributed by atoms with E-state index in [1.165, 1.54) is 16.8 Å². The van der Waals surface area contributed by atoms with Gasteiger partial charge in [-0.05, 0) is 43.2 Å². The first kappa shape index (κ1) is 21.5. The van der Waals surface area contributed by atoms with E-state index in [1.807, 2.05) is 4.90 Å². The number of nitrogens with zero attached hydrogens (tertiary/aromatic N) is 5. The van der Waals surface area contributed by atoms with Crippen molar-refractivity contribution in [1.29, 1.82) is 0 Å². The Bertz CT molecular complexity index is 1110. The average molecular weight is 433 g/mol. The molecular formula is C24H28N6O2. The number of nitrogens with one attached hydrogen (secondary N) is 1. The van der Waals surface area contributed by atoms with Crippen LogP contribution in [0.25, 0.3) is 5.82 Å². The van der Waals surface area contributed by atoms with Gasteiger partial charge in [-0.2, -0.15) is 0 Å². The normalized spacial score (nSPS) is 13.8. The Morgan fingerprint density at radius 3 is 2.50 bits per heavy atom. The van der Waals surface area contributed by atoms with Gasteiger partial charge in [0.25, 0.3) is 5.91 Å². The van der Waals surface area contributed by atoms with Crippen molar-refractivity contribution in [3.05, 3.63) is 65.9 Å². The fourth-order valence-electron chi connectivity index (χ4n) is 3.81. The van der Waals surface area contributed by atoms with Gasteiger partial charge in [0.15, 0.2) is 0 Å². The number of imidazole rings is 1. The van der Waals surface area contributed by atoms with Gasteiger partial charge >= 0.3 is 0 Å². The fourth-order valence-corrected chi connectivity index (χ4v) is 3.81. The lowest BCUT2D eigenvalue weighted by atomic mass is 10.1. The minimum atomic E-state index is -0.0730. The standard InChI is InChI=1S/C24H28N6O2/c1-4-23(31)27-19-8-9-22(25-14-19)30-15-20(26-16-30)24(32)29-12-10-28(11-13-29)21-7-5-6-17(2)18(21)3/h5-9,14-16H,4,10-13H2,1-3H3,(H,27,31). The number of carbonyl (C=O) groups is 2. The van der Waals surface area contributed by atoms with Crippen molar-refractivity contribution in [1.82, 2.24) is 19.4 Å². The second-order valence-corrected chi connectivity index (χ2v) is 7.97. The zero-order chi connectivity index (χ0) is 22.7. The molecule has 0 unspecified atom stereocenters. The van der Waals surface area contributed by atoms with Crippen LogP contribution in [0.4, 0.5) is 11.4 Å². The number of hydrogen-bond acceptors (Lipinski definition) is 5. The number of piperazine rings is 1. The van der Waals surface area contributed by atoms with Gasteiger partial charge in [0, 0.05) is 44.5 Å². The molecule has 166 valence electrons. The highest BCUT2D eigenvalue weighted by Crippen LogP contribution is 2.24. The molecule has 1 aliphatic rings. The van der Waals surface area contributed by atoms with Gasteiger partial charge in [0.1, 0.15) is 17.8 Å². The maximum Gasteiger partial charge on any atom is 0.274 e. The summed E-state index contributed by atoms with van der Waals surface area (Å²) in [5.74, 6) is 0.495. The highest BCUT2D eigenvalue weighted by Gasteiger charge is 2.24. The van der Waals surface area contributed by atoms with Crippen LogP contribution in [0.5, 0.6) is 0 Å². The van der Waals surface area contributed by atoms with Crippen LogP contribution in [0, 0.1) is 13.8 Å². The zero-order valence-corrected chi connectivity index (χ0v) is 18.7. The number of amides is 2. The molecule has 1 N–H and O–H groups in total. The third kappa shape index (κ3) is 4.49. The maximum atomic E-state index is 13.0. The molecule has 0 radical (unpaired) electrons. The molecule has 2 amide bonds. The molecule has 8 heteroatoms. The topological polar surface area (TPSA) is 83.4 Å². The van der Waals surface area contributed by atoms with Crippen LogP contribution in [0.15, 0.2) is 49.1 Å². The van der Waals surface area contributed by atoms with E-state index in [4.69, 9.17) is 0 Å². The number of rotatable bonds is 5. The Morgan fingerprint density at radius 2 is 1.81 bits per heavy atom. The number of aromatic nitrogens is 3. The Hall–Kier alpha value is -3.68. The van der Waals surface area contributed by atoms with Crippen molar-refractivity contribution in [2.75, 3.05) is 36.4 Å². The van der Waals surface area contributed by atoms with Gasteiger partial charge in [-0.15, -0.1) is 0 Å². The van der Waals surface area contributed by atoms with Crippen molar-refractivity contribution in [2.45, 2.75) is 27.2 Å². The second kappa shape index (κ2) is 9.21. The molecule has 0 spiro atoms. The molecule has 32 heavy (non-hydrogen) atoms. The highest BCUT2D eigenvalue weighted by molar-refractivity contribution is 5.92. The fraction of sp³-hybridized carbons (Fsp3) is 0.333. The molecule has 0 saturated carbocycles. The van der Waals surface area contributed by atoms with E-state index in [9.17, 15) is 9.59 Å². The summed E-state index contributed by atoms with van der Waals surface area (Å²) in [6, 6.07) is 9.92. The number of pyridine rings is 1. The van der Waals surface area contributed by atoms with Gasteiger partial charge in [-0.25, -0.2) is 9.97 Å². The first-order valence-electron chi connectivity index (χ1n) is 10.9. The summed E-state index contributed by atoms with van der Waals surface area (Å²) in [7, 11) is 0. The van der Waals surface area contributed by atoms with Crippen LogP contribution in [0.2, 0.25) is 0 Å². The van der Waals surface area contributed by atoms with Gasteiger partial charge in [-0.1, -0.05) is 19.1 Å². The maximum absolute atomic E-state index is 13.0. The molecule has 3 heterocycles. The first-order valence-corrected chi connectivity index (χ1v) is 10.9. The molecule has 0 atom stereocenters. The van der Waals surface area contributed by atoms with Crippen LogP contribution in [0.1, 0.15) is 35.0 Å². The molecule has 8 nitrogen and oxygen atoms in total. The van der Waals surface area contributed by atoms with Crippen molar-refractivity contribution in [3.8, 4) is 5.82 Å². The molecule has 4 rings (SSSR count). The SMILES string of the molecule is CCC(=O)Nc1ccc(-n2cnc(C(=O)N3CCN(c4cccc(C)c4C)CC3)c2)nc1. The molecule has 2 aromatic heterocycles. The molecule has 0 bridgehead atoms. The van der Waals surface area contributed by atoms with Crippen LogP contribution >= 0.6 is 0 Å². The number of aryl methyl sites for hydroxylation is 1. The minimum absolute atomic E-state index is 0.0623. The van der Waals surface area contributed by atoms with Crippen LogP contribution in [-0.4, -0.2) is 57.4 Å². The second-order valence-electron chi connectivity index (χ2n) is 7.97. The number of carbonyl (C=O) groups excluding carboxylic acids is 2. The van der Waals surface area contributed by atoms with Crippen molar-refractivity contribution >= 4 is 23.2 Å². The Kier molecular flexibility index (Phi) is 6.20. The largest absolute Gasteiger partial charge is 0.368 e. The number of anilines is 2. The Labute approximate surface area is 187 Å². The summed E-state index contributed by atoms with van der Waals surface area (Å²) in [5.41, 5.74) is 4.85. The third-order valence-corrected chi connectivity index (χ3v) is 5.90. The minimum Gasteiger partial charge on any atom is -0.368 e. The van der Waals surface area contributed by atoms with Crippen molar-refractivity contribution in [2.24, 2.45) is 0 Å². The number of benzene rings is 1. The van der Waals surface area contributed by atoms with Gasteiger partial charge in [0.05, 0.1) is 11.9 Å². The average Bonchev–Trinajstić information content (AvgIpc) is 3.31. The molecule has 1 fully saturated rings. The van der Waals surface area contributed by atoms with E-state index < -0.39 is 0 Å². The van der Waals surface area contributed by atoms with E-state index >= 15 is 0 Å². The van der Waals surface area contributed by atoms with E-state index in [2.05, 4.69) is 52.2 Å². The summed E-state index contributed by atoms with van der Waals surface area (Å²) in [4.78, 5) is 37.3. The first-order chi connectivity index (χ1) is 15.5. The molecule has 1 aromatic carbocycles. The third-order valence-electron chi connectivity index (χ3n) is 5.90. The summed E-state index contributed by atoms with van der Waals surface area (Å²) >= 11 is 0. The quantitative estimate of drug-likeness (QED) is 0.669. The van der Waals surface area contributed by atoms with E-state index in [1.54, 1.807) is 42.3 Å². The Balaban J connectivity index is 1.39. The van der Waals surface area contributed by atoms with Gasteiger partial charge < -0.3 is 15.1 Å². The summed E-state index contributed by atoms with van der Waals surface area (Å²) in [5, 5.41) is 2.77. The monoisotopic (exact) mass is 432 g/mol. The Morgan fingerprint density at radius 1 is 1.03 bits per heavy atom. The van der Waals surface area contributed by atoms with E-state index in [0.717, 1.165) is 13.1 Å². The molecular weight excluding hydrogens is 404 g/mol. The van der Waals surface area contributed by atoms with Crippen molar-refractivity contribution < 1.29 is 9.59 Å².